The molecule has 4 aromatic rings. The summed E-state index contributed by atoms with van der Waals surface area (Å²) in [5, 5.41) is 18.0. The molecule has 1 N–H and O–H groups in total. The molecule has 0 aliphatic carbocycles. The van der Waals surface area contributed by atoms with Crippen LogP contribution in [0.2, 0.25) is 0 Å². The van der Waals surface area contributed by atoms with Gasteiger partial charge in [0.15, 0.2) is 0 Å². The van der Waals surface area contributed by atoms with Crippen molar-refractivity contribution in [2.45, 2.75) is 12.7 Å². The Balaban J connectivity index is 1.74. The number of nitro groups is 1. The highest BCUT2D eigenvalue weighted by Crippen LogP contribution is 2.39. The van der Waals surface area contributed by atoms with Gasteiger partial charge in [-0.1, -0.05) is 12.1 Å². The van der Waals surface area contributed by atoms with E-state index in [4.69, 9.17) is 0 Å². The standard InChI is InChI=1S/C16H10F3N7O2S/c17-16(18,19)12-5-11-13(21-6-9-2-1-3-10(4-9)26(27)28)23-15(24-14(11)29-12)25-8-20-7-22-25/h1-5,7-8H,6H2,(H,21,23,24). The summed E-state index contributed by atoms with van der Waals surface area (Å²) in [6.07, 6.45) is -1.95. The molecule has 0 atom stereocenters. The van der Waals surface area contributed by atoms with Crippen LogP contribution in [0.15, 0.2) is 43.0 Å². The van der Waals surface area contributed by atoms with E-state index in [0.717, 1.165) is 6.07 Å². The van der Waals surface area contributed by atoms with Crippen molar-refractivity contribution in [2.75, 3.05) is 5.32 Å². The van der Waals surface area contributed by atoms with Crippen molar-refractivity contribution in [1.29, 1.82) is 0 Å². The molecule has 3 aromatic heterocycles. The Labute approximate surface area is 164 Å². The molecule has 9 nitrogen and oxygen atoms in total. The lowest BCUT2D eigenvalue weighted by Crippen LogP contribution is -2.07. The quantitative estimate of drug-likeness (QED) is 0.385. The molecule has 0 radical (unpaired) electrons. The Morgan fingerprint density at radius 2 is 2.07 bits per heavy atom. The number of benzene rings is 1. The minimum Gasteiger partial charge on any atom is -0.365 e. The van der Waals surface area contributed by atoms with E-state index >= 15 is 0 Å². The molecule has 1 aromatic carbocycles. The van der Waals surface area contributed by atoms with Crippen LogP contribution in [0.25, 0.3) is 16.2 Å². The van der Waals surface area contributed by atoms with E-state index in [1.165, 1.54) is 35.5 Å². The maximum atomic E-state index is 13.2. The molecule has 13 heteroatoms. The van der Waals surface area contributed by atoms with E-state index in [9.17, 15) is 23.3 Å². The number of nitro benzene ring substituents is 1. The average Bonchev–Trinajstić information content (AvgIpc) is 3.35. The van der Waals surface area contributed by atoms with Crippen molar-refractivity contribution in [3.05, 3.63) is 63.5 Å². The molecule has 148 valence electrons. The molecule has 0 unspecified atom stereocenters. The highest BCUT2D eigenvalue weighted by atomic mass is 32.1. The molecular weight excluding hydrogens is 411 g/mol. The first kappa shape index (κ1) is 18.7. The van der Waals surface area contributed by atoms with Crippen molar-refractivity contribution >= 4 is 33.1 Å². The number of rotatable bonds is 5. The minimum absolute atomic E-state index is 0.0483. The molecule has 0 amide bonds. The van der Waals surface area contributed by atoms with Crippen LogP contribution in [0.1, 0.15) is 10.4 Å². The van der Waals surface area contributed by atoms with Gasteiger partial charge in [-0.3, -0.25) is 10.1 Å². The first-order valence-electron chi connectivity index (χ1n) is 8.02. The highest BCUT2D eigenvalue weighted by molar-refractivity contribution is 7.18. The number of non-ortho nitro benzene ring substituents is 1. The monoisotopic (exact) mass is 421 g/mol. The molecule has 0 saturated heterocycles. The summed E-state index contributed by atoms with van der Waals surface area (Å²) < 4.78 is 40.7. The van der Waals surface area contributed by atoms with Gasteiger partial charge < -0.3 is 5.32 Å². The molecule has 29 heavy (non-hydrogen) atoms. The van der Waals surface area contributed by atoms with Gasteiger partial charge in [0.25, 0.3) is 11.6 Å². The number of nitrogens with one attached hydrogen (secondary N) is 1. The van der Waals surface area contributed by atoms with E-state index in [1.807, 2.05) is 0 Å². The molecule has 0 fully saturated rings. The maximum absolute atomic E-state index is 13.2. The second kappa shape index (κ2) is 7.09. The van der Waals surface area contributed by atoms with Crippen molar-refractivity contribution in [3.8, 4) is 5.95 Å². The smallest absolute Gasteiger partial charge is 0.365 e. The fourth-order valence-corrected chi connectivity index (χ4v) is 3.46. The Morgan fingerprint density at radius 3 is 2.76 bits per heavy atom. The van der Waals surface area contributed by atoms with Crippen LogP contribution in [-0.4, -0.2) is 29.7 Å². The number of hydrogen-bond donors (Lipinski definition) is 1. The predicted octanol–water partition coefficient (Wildman–Crippen LogP) is 3.81. The third kappa shape index (κ3) is 3.85. The summed E-state index contributed by atoms with van der Waals surface area (Å²) in [6, 6.07) is 6.88. The van der Waals surface area contributed by atoms with Gasteiger partial charge in [-0.25, -0.2) is 4.98 Å². The number of anilines is 1. The fourth-order valence-electron chi connectivity index (χ4n) is 2.56. The third-order valence-corrected chi connectivity index (χ3v) is 4.94. The van der Waals surface area contributed by atoms with Crippen molar-refractivity contribution in [1.82, 2.24) is 24.7 Å². The SMILES string of the molecule is O=[N+]([O-])c1cccc(CNc2nc(-n3cncn3)nc3sc(C(F)(F)F)cc23)c1. The Kier molecular flexibility index (Phi) is 4.58. The zero-order valence-corrected chi connectivity index (χ0v) is 15.1. The van der Waals surface area contributed by atoms with Crippen LogP contribution in [-0.2, 0) is 12.7 Å². The van der Waals surface area contributed by atoms with Crippen LogP contribution < -0.4 is 5.32 Å². The van der Waals surface area contributed by atoms with Crippen LogP contribution in [0, 0.1) is 10.1 Å². The van der Waals surface area contributed by atoms with Crippen molar-refractivity contribution in [2.24, 2.45) is 0 Å². The lowest BCUT2D eigenvalue weighted by Gasteiger charge is -2.09. The zero-order chi connectivity index (χ0) is 20.6. The van der Waals surface area contributed by atoms with Gasteiger partial charge in [0.2, 0.25) is 0 Å². The second-order valence-corrected chi connectivity index (χ2v) is 6.85. The molecular formula is C16H10F3N7O2S. The van der Waals surface area contributed by atoms with Crippen LogP contribution in [0.5, 0.6) is 0 Å². The van der Waals surface area contributed by atoms with Crippen molar-refractivity contribution < 1.29 is 18.1 Å². The third-order valence-electron chi connectivity index (χ3n) is 3.87. The number of thiophene rings is 1. The predicted molar refractivity (Wildman–Crippen MR) is 97.8 cm³/mol. The van der Waals surface area contributed by atoms with Gasteiger partial charge in [0.1, 0.15) is 28.2 Å². The van der Waals surface area contributed by atoms with Gasteiger partial charge in [0.05, 0.1) is 10.3 Å². The van der Waals surface area contributed by atoms with Gasteiger partial charge in [-0.05, 0) is 11.6 Å². The van der Waals surface area contributed by atoms with Crippen LogP contribution in [0.3, 0.4) is 0 Å². The maximum Gasteiger partial charge on any atom is 0.425 e. The summed E-state index contributed by atoms with van der Waals surface area (Å²) >= 11 is 0.491. The number of alkyl halides is 3. The normalized spacial score (nSPS) is 11.7. The lowest BCUT2D eigenvalue weighted by atomic mass is 10.2. The Morgan fingerprint density at radius 1 is 1.24 bits per heavy atom. The topological polar surface area (TPSA) is 112 Å². The fraction of sp³-hybridized carbons (Fsp3) is 0.125. The minimum atomic E-state index is -4.52. The van der Waals surface area contributed by atoms with E-state index in [1.54, 1.807) is 6.07 Å². The molecule has 0 saturated carbocycles. The first-order valence-corrected chi connectivity index (χ1v) is 8.84. The van der Waals surface area contributed by atoms with Gasteiger partial charge in [-0.15, -0.1) is 11.3 Å². The number of halogens is 3. The summed E-state index contributed by atoms with van der Waals surface area (Å²) in [4.78, 5) is 21.9. The van der Waals surface area contributed by atoms with E-state index < -0.39 is 16.0 Å². The van der Waals surface area contributed by atoms with Gasteiger partial charge in [-0.2, -0.15) is 32.9 Å². The molecule has 3 heterocycles. The van der Waals surface area contributed by atoms with E-state index in [-0.39, 0.29) is 34.2 Å². The number of nitrogens with zero attached hydrogens (tertiary/aromatic N) is 6. The largest absolute Gasteiger partial charge is 0.425 e. The first-order chi connectivity index (χ1) is 13.8. The Hall–Kier alpha value is -3.61. The average molecular weight is 421 g/mol. The second-order valence-electron chi connectivity index (χ2n) is 5.82. The molecule has 0 bridgehead atoms. The molecule has 0 aliphatic rings. The van der Waals surface area contributed by atoms with Crippen LogP contribution in [0.4, 0.5) is 24.7 Å². The van der Waals surface area contributed by atoms with Gasteiger partial charge in [0, 0.05) is 18.7 Å². The Bertz CT molecular complexity index is 1190. The summed E-state index contributed by atoms with van der Waals surface area (Å²) in [5.41, 5.74) is 0.481. The van der Waals surface area contributed by atoms with Crippen LogP contribution >= 0.6 is 11.3 Å². The van der Waals surface area contributed by atoms with Gasteiger partial charge >= 0.3 is 6.18 Å². The zero-order valence-electron chi connectivity index (χ0n) is 14.3. The highest BCUT2D eigenvalue weighted by Gasteiger charge is 2.33. The number of hydrogen-bond acceptors (Lipinski definition) is 8. The summed E-state index contributed by atoms with van der Waals surface area (Å²) in [7, 11) is 0. The molecule has 0 aliphatic heterocycles. The lowest BCUT2D eigenvalue weighted by molar-refractivity contribution is -0.384. The summed E-state index contributed by atoms with van der Waals surface area (Å²) in [5.74, 6) is 0.200. The van der Waals surface area contributed by atoms with Crippen molar-refractivity contribution in [3.63, 3.8) is 0 Å². The summed E-state index contributed by atoms with van der Waals surface area (Å²) in [6.45, 7) is 0.113. The van der Waals surface area contributed by atoms with E-state index in [0.29, 0.717) is 16.9 Å². The molecule has 4 rings (SSSR count). The molecule has 0 spiro atoms. The number of aromatic nitrogens is 5. The van der Waals surface area contributed by atoms with E-state index in [2.05, 4.69) is 25.4 Å². The number of fused-ring (bicyclic) bond motifs is 1.